The summed E-state index contributed by atoms with van der Waals surface area (Å²) >= 11 is 0. The fourth-order valence-electron chi connectivity index (χ4n) is 2.69. The van der Waals surface area contributed by atoms with Crippen LogP contribution in [0.5, 0.6) is 0 Å². The molecule has 1 aliphatic carbocycles. The second-order valence-electron chi connectivity index (χ2n) is 5.60. The number of halogens is 1. The van der Waals surface area contributed by atoms with E-state index in [9.17, 15) is 4.39 Å². The molecule has 0 radical (unpaired) electrons. The first kappa shape index (κ1) is 12.6. The summed E-state index contributed by atoms with van der Waals surface area (Å²) in [6.07, 6.45) is 2.93. The molecule has 0 amide bonds. The topological polar surface area (TPSA) is 26.0 Å². The second kappa shape index (κ2) is 4.77. The Morgan fingerprint density at radius 1 is 1.29 bits per heavy atom. The molecule has 2 N–H and O–H groups in total. The number of nitrogens with two attached hydrogens (primary N) is 1. The van der Waals surface area contributed by atoms with Gasteiger partial charge in [0.1, 0.15) is 5.67 Å². The molecule has 2 unspecified atom stereocenters. The third kappa shape index (κ3) is 2.68. The van der Waals surface area contributed by atoms with E-state index in [1.807, 2.05) is 24.3 Å². The zero-order valence-corrected chi connectivity index (χ0v) is 10.7. The maximum Gasteiger partial charge on any atom is 0.137 e. The number of hydrogen-bond acceptors (Lipinski definition) is 1. The summed E-state index contributed by atoms with van der Waals surface area (Å²) in [7, 11) is 0. The molecule has 2 atom stereocenters. The SMILES string of the molecule is CC(C)c1ccc(C2(F)CCCC(N)C2)cc1. The zero-order valence-electron chi connectivity index (χ0n) is 10.7. The summed E-state index contributed by atoms with van der Waals surface area (Å²) in [4.78, 5) is 0. The lowest BCUT2D eigenvalue weighted by atomic mass is 9.78. The van der Waals surface area contributed by atoms with Gasteiger partial charge in [-0.05, 0) is 36.3 Å². The highest BCUT2D eigenvalue weighted by atomic mass is 19.1. The molecule has 0 aliphatic heterocycles. The van der Waals surface area contributed by atoms with E-state index in [0.717, 1.165) is 18.4 Å². The number of hydrogen-bond donors (Lipinski definition) is 1. The van der Waals surface area contributed by atoms with Crippen LogP contribution in [0.1, 0.15) is 56.6 Å². The van der Waals surface area contributed by atoms with Crippen molar-refractivity contribution in [3.05, 3.63) is 35.4 Å². The summed E-state index contributed by atoms with van der Waals surface area (Å²) in [5, 5.41) is 0. The standard InChI is InChI=1S/C15H22FN/c1-11(2)12-5-7-13(8-6-12)15(16)9-3-4-14(17)10-15/h5-8,11,14H,3-4,9-10,17H2,1-2H3. The van der Waals surface area contributed by atoms with Crippen molar-refractivity contribution in [2.45, 2.75) is 57.2 Å². The van der Waals surface area contributed by atoms with Crippen LogP contribution in [0.25, 0.3) is 0 Å². The molecule has 1 nitrogen and oxygen atoms in total. The van der Waals surface area contributed by atoms with Crippen LogP contribution in [0.15, 0.2) is 24.3 Å². The molecule has 1 saturated carbocycles. The summed E-state index contributed by atoms with van der Waals surface area (Å²) in [5.41, 5.74) is 6.75. The van der Waals surface area contributed by atoms with Crippen molar-refractivity contribution in [2.75, 3.05) is 0 Å². The maximum absolute atomic E-state index is 14.8. The Kier molecular flexibility index (Phi) is 3.53. The largest absolute Gasteiger partial charge is 0.328 e. The Morgan fingerprint density at radius 3 is 2.47 bits per heavy atom. The lowest BCUT2D eigenvalue weighted by molar-refractivity contribution is 0.0947. The highest BCUT2D eigenvalue weighted by Crippen LogP contribution is 2.40. The van der Waals surface area contributed by atoms with Gasteiger partial charge >= 0.3 is 0 Å². The molecule has 1 aromatic carbocycles. The predicted octanol–water partition coefficient (Wildman–Crippen LogP) is 3.88. The van der Waals surface area contributed by atoms with Gasteiger partial charge in [0.15, 0.2) is 0 Å². The van der Waals surface area contributed by atoms with E-state index in [1.165, 1.54) is 5.56 Å². The Labute approximate surface area is 103 Å². The van der Waals surface area contributed by atoms with Gasteiger partial charge in [0.2, 0.25) is 0 Å². The molecule has 17 heavy (non-hydrogen) atoms. The summed E-state index contributed by atoms with van der Waals surface area (Å²) in [6.45, 7) is 4.30. The van der Waals surface area contributed by atoms with Crippen LogP contribution < -0.4 is 5.73 Å². The molecular weight excluding hydrogens is 213 g/mol. The lowest BCUT2D eigenvalue weighted by Gasteiger charge is -2.33. The molecule has 1 fully saturated rings. The van der Waals surface area contributed by atoms with Crippen molar-refractivity contribution in [1.82, 2.24) is 0 Å². The fraction of sp³-hybridized carbons (Fsp3) is 0.600. The Hall–Kier alpha value is -0.890. The maximum atomic E-state index is 14.8. The van der Waals surface area contributed by atoms with Gasteiger partial charge in [-0.1, -0.05) is 38.1 Å². The normalized spacial score (nSPS) is 29.6. The van der Waals surface area contributed by atoms with Crippen LogP contribution in [0.2, 0.25) is 0 Å². The van der Waals surface area contributed by atoms with E-state index in [1.54, 1.807) is 0 Å². The molecule has 1 aliphatic rings. The average Bonchev–Trinajstić information content (AvgIpc) is 2.29. The third-order valence-electron chi connectivity index (χ3n) is 3.83. The second-order valence-corrected chi connectivity index (χ2v) is 5.60. The minimum absolute atomic E-state index is 0.0125. The minimum Gasteiger partial charge on any atom is -0.328 e. The Bertz CT molecular complexity index is 371. The number of rotatable bonds is 2. The van der Waals surface area contributed by atoms with Gasteiger partial charge in [-0.2, -0.15) is 0 Å². The van der Waals surface area contributed by atoms with Gasteiger partial charge in [-0.15, -0.1) is 0 Å². The van der Waals surface area contributed by atoms with E-state index in [2.05, 4.69) is 13.8 Å². The van der Waals surface area contributed by atoms with E-state index in [0.29, 0.717) is 18.8 Å². The number of benzene rings is 1. The van der Waals surface area contributed by atoms with E-state index < -0.39 is 5.67 Å². The highest BCUT2D eigenvalue weighted by molar-refractivity contribution is 5.29. The van der Waals surface area contributed by atoms with Crippen LogP contribution in [-0.4, -0.2) is 6.04 Å². The molecule has 94 valence electrons. The van der Waals surface area contributed by atoms with Crippen LogP contribution in [-0.2, 0) is 5.67 Å². The summed E-state index contributed by atoms with van der Waals surface area (Å²) in [5.74, 6) is 0.494. The minimum atomic E-state index is -1.20. The molecule has 2 rings (SSSR count). The Balaban J connectivity index is 2.21. The molecule has 2 heteroatoms. The predicted molar refractivity (Wildman–Crippen MR) is 69.8 cm³/mol. The third-order valence-corrected chi connectivity index (χ3v) is 3.83. The first-order valence-electron chi connectivity index (χ1n) is 6.56. The number of alkyl halides is 1. The summed E-state index contributed by atoms with van der Waals surface area (Å²) in [6, 6.07) is 7.97. The molecule has 1 aromatic rings. The molecule has 0 aromatic heterocycles. The van der Waals surface area contributed by atoms with Crippen LogP contribution in [0, 0.1) is 0 Å². The van der Waals surface area contributed by atoms with E-state index >= 15 is 0 Å². The van der Waals surface area contributed by atoms with Gasteiger partial charge in [0.05, 0.1) is 0 Å². The first-order valence-corrected chi connectivity index (χ1v) is 6.56. The van der Waals surface area contributed by atoms with Crippen molar-refractivity contribution >= 4 is 0 Å². The van der Waals surface area contributed by atoms with Gasteiger partial charge in [0, 0.05) is 12.5 Å². The van der Waals surface area contributed by atoms with E-state index in [-0.39, 0.29) is 6.04 Å². The van der Waals surface area contributed by atoms with Crippen LogP contribution in [0.4, 0.5) is 4.39 Å². The van der Waals surface area contributed by atoms with Gasteiger partial charge < -0.3 is 5.73 Å². The first-order chi connectivity index (χ1) is 8.01. The highest BCUT2D eigenvalue weighted by Gasteiger charge is 2.36. The van der Waals surface area contributed by atoms with Crippen LogP contribution >= 0.6 is 0 Å². The molecule has 0 heterocycles. The molecule has 0 bridgehead atoms. The summed E-state index contributed by atoms with van der Waals surface area (Å²) < 4.78 is 14.8. The van der Waals surface area contributed by atoms with Gasteiger partial charge in [-0.25, -0.2) is 4.39 Å². The lowest BCUT2D eigenvalue weighted by Crippen LogP contribution is -2.36. The monoisotopic (exact) mass is 235 g/mol. The van der Waals surface area contributed by atoms with Crippen molar-refractivity contribution in [3.8, 4) is 0 Å². The smallest absolute Gasteiger partial charge is 0.137 e. The average molecular weight is 235 g/mol. The fourth-order valence-corrected chi connectivity index (χ4v) is 2.69. The van der Waals surface area contributed by atoms with Gasteiger partial charge in [-0.3, -0.25) is 0 Å². The quantitative estimate of drug-likeness (QED) is 0.827. The van der Waals surface area contributed by atoms with Crippen molar-refractivity contribution in [1.29, 1.82) is 0 Å². The Morgan fingerprint density at radius 2 is 1.94 bits per heavy atom. The van der Waals surface area contributed by atoms with Crippen LogP contribution in [0.3, 0.4) is 0 Å². The van der Waals surface area contributed by atoms with Crippen molar-refractivity contribution < 1.29 is 4.39 Å². The zero-order chi connectivity index (χ0) is 12.5. The van der Waals surface area contributed by atoms with Crippen molar-refractivity contribution in [3.63, 3.8) is 0 Å². The van der Waals surface area contributed by atoms with E-state index in [4.69, 9.17) is 5.73 Å². The molecular formula is C15H22FN. The molecule has 0 spiro atoms. The van der Waals surface area contributed by atoms with Gasteiger partial charge in [0.25, 0.3) is 0 Å². The molecule has 0 saturated heterocycles. The van der Waals surface area contributed by atoms with Crippen molar-refractivity contribution in [2.24, 2.45) is 5.73 Å².